The molecule has 100 valence electrons. The van der Waals surface area contributed by atoms with Gasteiger partial charge in [0.15, 0.2) is 0 Å². The molecule has 0 amide bonds. The normalized spacial score (nSPS) is 48.0. The van der Waals surface area contributed by atoms with Crippen molar-refractivity contribution in [1.82, 2.24) is 0 Å². The number of methoxy groups -OCH3 is 1. The van der Waals surface area contributed by atoms with E-state index in [0.717, 1.165) is 37.5 Å². The second-order valence-electron chi connectivity index (χ2n) is 6.52. The predicted molar refractivity (Wildman–Crippen MR) is 69.9 cm³/mol. The Morgan fingerprint density at radius 3 is 2.53 bits per heavy atom. The molecule has 0 radical (unpaired) electrons. The van der Waals surface area contributed by atoms with Crippen LogP contribution < -0.4 is 0 Å². The molecule has 2 rings (SSSR count). The van der Waals surface area contributed by atoms with Gasteiger partial charge < -0.3 is 9.84 Å². The molecule has 17 heavy (non-hydrogen) atoms. The molecule has 5 atom stereocenters. The van der Waals surface area contributed by atoms with Crippen molar-refractivity contribution in [1.29, 1.82) is 0 Å². The van der Waals surface area contributed by atoms with Crippen LogP contribution >= 0.6 is 0 Å². The van der Waals surface area contributed by atoms with Gasteiger partial charge in [-0.1, -0.05) is 20.3 Å². The van der Waals surface area contributed by atoms with Crippen LogP contribution in [0.25, 0.3) is 0 Å². The lowest BCUT2D eigenvalue weighted by Gasteiger charge is -2.46. The van der Waals surface area contributed by atoms with Gasteiger partial charge in [-0.2, -0.15) is 0 Å². The molecule has 5 unspecified atom stereocenters. The molecule has 2 aliphatic carbocycles. The maximum atomic E-state index is 10.9. The first-order chi connectivity index (χ1) is 8.05. The Morgan fingerprint density at radius 1 is 1.12 bits per heavy atom. The summed E-state index contributed by atoms with van der Waals surface area (Å²) in [6.07, 6.45) is 8.06. The van der Waals surface area contributed by atoms with Gasteiger partial charge in [0.25, 0.3) is 0 Å². The van der Waals surface area contributed by atoms with Crippen molar-refractivity contribution >= 4 is 0 Å². The zero-order valence-corrected chi connectivity index (χ0v) is 11.6. The lowest BCUT2D eigenvalue weighted by Crippen LogP contribution is -2.46. The minimum atomic E-state index is -0.437. The molecule has 0 bridgehead atoms. The Kier molecular flexibility index (Phi) is 4.14. The summed E-state index contributed by atoms with van der Waals surface area (Å²) in [7, 11) is 1.78. The Morgan fingerprint density at radius 2 is 1.88 bits per heavy atom. The largest absolute Gasteiger partial charge is 0.390 e. The van der Waals surface area contributed by atoms with Crippen LogP contribution in [0.5, 0.6) is 0 Å². The lowest BCUT2D eigenvalue weighted by molar-refractivity contribution is -0.109. The van der Waals surface area contributed by atoms with E-state index in [1.54, 1.807) is 7.11 Å². The lowest BCUT2D eigenvalue weighted by atomic mass is 9.65. The Labute approximate surface area is 106 Å². The first-order valence-electron chi connectivity index (χ1n) is 7.30. The van der Waals surface area contributed by atoms with Crippen molar-refractivity contribution in [3.63, 3.8) is 0 Å². The molecule has 2 heteroatoms. The van der Waals surface area contributed by atoms with Gasteiger partial charge >= 0.3 is 0 Å². The third kappa shape index (κ3) is 2.85. The molecule has 0 saturated heterocycles. The molecular weight excluding hydrogens is 212 g/mol. The van der Waals surface area contributed by atoms with Gasteiger partial charge in [0.1, 0.15) is 0 Å². The zero-order valence-electron chi connectivity index (χ0n) is 11.6. The molecule has 0 aromatic heterocycles. The Bertz CT molecular complexity index is 253. The molecule has 1 N–H and O–H groups in total. The van der Waals surface area contributed by atoms with Crippen molar-refractivity contribution in [3.05, 3.63) is 0 Å². The van der Waals surface area contributed by atoms with Crippen LogP contribution in [0.2, 0.25) is 0 Å². The second kappa shape index (κ2) is 5.27. The molecule has 0 heterocycles. The fourth-order valence-electron chi connectivity index (χ4n) is 3.84. The summed E-state index contributed by atoms with van der Waals surface area (Å²) >= 11 is 0. The predicted octanol–water partition coefficient (Wildman–Crippen LogP) is 3.38. The molecule has 2 saturated carbocycles. The SMILES string of the molecule is COC1CCCC(O)(C2CCC(C)C(C)C2)C1. The van der Waals surface area contributed by atoms with Crippen LogP contribution in [-0.4, -0.2) is 23.9 Å². The highest BCUT2D eigenvalue weighted by Crippen LogP contribution is 2.45. The quantitative estimate of drug-likeness (QED) is 0.802. The summed E-state index contributed by atoms with van der Waals surface area (Å²) in [6, 6.07) is 0. The maximum absolute atomic E-state index is 10.9. The topological polar surface area (TPSA) is 29.5 Å². The van der Waals surface area contributed by atoms with Crippen molar-refractivity contribution in [3.8, 4) is 0 Å². The van der Waals surface area contributed by atoms with E-state index in [4.69, 9.17) is 4.74 Å². The highest BCUT2D eigenvalue weighted by atomic mass is 16.5. The fraction of sp³-hybridized carbons (Fsp3) is 1.00. The summed E-state index contributed by atoms with van der Waals surface area (Å²) in [5, 5.41) is 10.9. The van der Waals surface area contributed by atoms with E-state index >= 15 is 0 Å². The molecule has 2 aliphatic rings. The van der Waals surface area contributed by atoms with E-state index in [9.17, 15) is 5.11 Å². The van der Waals surface area contributed by atoms with E-state index in [1.165, 1.54) is 19.3 Å². The Balaban J connectivity index is 2.00. The standard InChI is InChI=1S/C15H28O2/c1-11-6-7-13(9-12(11)2)15(16)8-4-5-14(10-15)17-3/h11-14,16H,4-10H2,1-3H3. The van der Waals surface area contributed by atoms with Crippen LogP contribution in [-0.2, 0) is 4.74 Å². The first-order valence-corrected chi connectivity index (χ1v) is 7.30. The molecule has 0 aromatic rings. The monoisotopic (exact) mass is 240 g/mol. The van der Waals surface area contributed by atoms with E-state index in [2.05, 4.69) is 13.8 Å². The van der Waals surface area contributed by atoms with Crippen molar-refractivity contribution in [2.75, 3.05) is 7.11 Å². The summed E-state index contributed by atoms with van der Waals surface area (Å²) in [6.45, 7) is 4.70. The molecule has 0 spiro atoms. The van der Waals surface area contributed by atoms with Gasteiger partial charge in [0.2, 0.25) is 0 Å². The van der Waals surface area contributed by atoms with E-state index in [0.29, 0.717) is 5.92 Å². The minimum absolute atomic E-state index is 0.281. The van der Waals surface area contributed by atoms with Crippen molar-refractivity contribution in [2.24, 2.45) is 17.8 Å². The summed E-state index contributed by atoms with van der Waals surface area (Å²) in [5.74, 6) is 2.10. The molecule has 2 nitrogen and oxygen atoms in total. The zero-order chi connectivity index (χ0) is 12.5. The molecule has 0 aromatic carbocycles. The number of aliphatic hydroxyl groups is 1. The molecule has 0 aliphatic heterocycles. The van der Waals surface area contributed by atoms with E-state index < -0.39 is 5.60 Å². The average molecular weight is 240 g/mol. The maximum Gasteiger partial charge on any atom is 0.0700 e. The van der Waals surface area contributed by atoms with Gasteiger partial charge in [-0.05, 0) is 49.9 Å². The van der Waals surface area contributed by atoms with Crippen LogP contribution in [0, 0.1) is 17.8 Å². The average Bonchev–Trinajstić information content (AvgIpc) is 2.32. The van der Waals surface area contributed by atoms with Crippen LogP contribution in [0.4, 0.5) is 0 Å². The second-order valence-corrected chi connectivity index (χ2v) is 6.52. The summed E-state index contributed by atoms with van der Waals surface area (Å²) in [4.78, 5) is 0. The highest BCUT2D eigenvalue weighted by Gasteiger charge is 2.43. The van der Waals surface area contributed by atoms with Gasteiger partial charge in [-0.25, -0.2) is 0 Å². The fourth-order valence-corrected chi connectivity index (χ4v) is 3.84. The number of ether oxygens (including phenoxy) is 1. The summed E-state index contributed by atoms with van der Waals surface area (Å²) < 4.78 is 5.47. The van der Waals surface area contributed by atoms with Gasteiger partial charge in [0.05, 0.1) is 11.7 Å². The van der Waals surface area contributed by atoms with Gasteiger partial charge in [-0.3, -0.25) is 0 Å². The third-order valence-corrected chi connectivity index (χ3v) is 5.41. The van der Waals surface area contributed by atoms with Crippen LogP contribution in [0.1, 0.15) is 58.8 Å². The van der Waals surface area contributed by atoms with Crippen LogP contribution in [0.3, 0.4) is 0 Å². The van der Waals surface area contributed by atoms with Crippen LogP contribution in [0.15, 0.2) is 0 Å². The number of hydrogen-bond acceptors (Lipinski definition) is 2. The van der Waals surface area contributed by atoms with Crippen molar-refractivity contribution < 1.29 is 9.84 Å². The van der Waals surface area contributed by atoms with E-state index in [1.807, 2.05) is 0 Å². The first kappa shape index (κ1) is 13.4. The highest BCUT2D eigenvalue weighted by molar-refractivity contribution is 4.95. The third-order valence-electron chi connectivity index (χ3n) is 5.41. The van der Waals surface area contributed by atoms with Gasteiger partial charge in [-0.15, -0.1) is 0 Å². The van der Waals surface area contributed by atoms with Crippen molar-refractivity contribution in [2.45, 2.75) is 70.5 Å². The van der Waals surface area contributed by atoms with E-state index in [-0.39, 0.29) is 6.10 Å². The smallest absolute Gasteiger partial charge is 0.0700 e. The number of hydrogen-bond donors (Lipinski definition) is 1. The molecular formula is C15H28O2. The Hall–Kier alpha value is -0.0800. The summed E-state index contributed by atoms with van der Waals surface area (Å²) in [5.41, 5.74) is -0.437. The van der Waals surface area contributed by atoms with Gasteiger partial charge in [0, 0.05) is 13.5 Å². The number of rotatable bonds is 2. The minimum Gasteiger partial charge on any atom is -0.390 e. The molecule has 2 fully saturated rings.